The summed E-state index contributed by atoms with van der Waals surface area (Å²) >= 11 is 0. The summed E-state index contributed by atoms with van der Waals surface area (Å²) in [6.07, 6.45) is 6.96. The van der Waals surface area contributed by atoms with Crippen LogP contribution in [0.15, 0.2) is 182 Å². The molecule has 0 saturated carbocycles. The molecule has 5 aromatic heterocycles. The Hall–Kier alpha value is -8.10. The second-order valence-corrected chi connectivity index (χ2v) is 14.8. The fourth-order valence-corrected chi connectivity index (χ4v) is 8.02. The van der Waals surface area contributed by atoms with Crippen molar-refractivity contribution in [3.8, 4) is 57.1 Å². The maximum Gasteiger partial charge on any atom is 0.137 e. The van der Waals surface area contributed by atoms with Crippen LogP contribution in [0.3, 0.4) is 0 Å². The molecule has 0 atom stereocenters. The number of hydrogen-bond donors (Lipinski definition) is 0. The van der Waals surface area contributed by atoms with Crippen LogP contribution in [0.2, 0.25) is 0 Å². The van der Waals surface area contributed by atoms with Crippen LogP contribution in [-0.2, 0) is 0 Å². The first-order valence-corrected chi connectivity index (χ1v) is 19.7. The van der Waals surface area contributed by atoms with Crippen molar-refractivity contribution >= 4 is 43.6 Å². The summed E-state index contributed by atoms with van der Waals surface area (Å²) < 4.78 is 34.7. The van der Waals surface area contributed by atoms with E-state index in [9.17, 15) is 0 Å². The first kappa shape index (κ1) is 32.9. The van der Waals surface area contributed by atoms with Gasteiger partial charge in [-0.2, -0.15) is 0 Å². The minimum absolute atomic E-state index is 0.0149. The Morgan fingerprint density at radius 2 is 0.933 bits per heavy atom. The van der Waals surface area contributed by atoms with Gasteiger partial charge in [0.1, 0.15) is 34.6 Å². The minimum Gasteiger partial charge on any atom is -0.457 e. The molecule has 8 nitrogen and oxygen atoms in total. The zero-order valence-electron chi connectivity index (χ0n) is 34.7. The fourth-order valence-electron chi connectivity index (χ4n) is 8.02. The van der Waals surface area contributed by atoms with E-state index in [1.165, 1.54) is 0 Å². The van der Waals surface area contributed by atoms with Crippen LogP contribution in [0.5, 0.6) is 23.0 Å². The van der Waals surface area contributed by atoms with Gasteiger partial charge in [0.15, 0.2) is 0 Å². The van der Waals surface area contributed by atoms with E-state index in [0.717, 1.165) is 71.9 Å². The Morgan fingerprint density at radius 3 is 1.50 bits per heavy atom. The molecule has 0 amide bonds. The van der Waals surface area contributed by atoms with Gasteiger partial charge in [-0.25, -0.2) is 9.97 Å². The Morgan fingerprint density at radius 1 is 0.433 bits per heavy atom. The summed E-state index contributed by atoms with van der Waals surface area (Å²) in [5.74, 6) is 4.01. The highest BCUT2D eigenvalue weighted by molar-refractivity contribution is 6.10. The van der Waals surface area contributed by atoms with Gasteiger partial charge in [-0.15, -0.1) is 0 Å². The van der Waals surface area contributed by atoms with Crippen molar-refractivity contribution in [1.29, 1.82) is 0 Å². The second kappa shape index (κ2) is 14.4. The average Bonchev–Trinajstić information content (AvgIpc) is 3.80. The lowest BCUT2D eigenvalue weighted by molar-refractivity contribution is 0.483. The van der Waals surface area contributed by atoms with Crippen molar-refractivity contribution in [3.63, 3.8) is 0 Å². The SMILES string of the molecule is [2H]c1cc(Oc2ccc3c4ccccc4n(-c4cc(C)ccn4)c3c2)cc(-c2cnc(-c3cccc(Oc4ccc5c6ccccc6n(-c6cc(C)ccn6)c5c4)c3)cn2)c1[2H]. The van der Waals surface area contributed by atoms with Crippen molar-refractivity contribution < 1.29 is 12.2 Å². The van der Waals surface area contributed by atoms with E-state index in [-0.39, 0.29) is 12.1 Å². The lowest BCUT2D eigenvalue weighted by Gasteiger charge is -2.11. The van der Waals surface area contributed by atoms with E-state index in [0.29, 0.717) is 39.9 Å². The van der Waals surface area contributed by atoms with Crippen LogP contribution in [0.4, 0.5) is 0 Å². The van der Waals surface area contributed by atoms with Gasteiger partial charge >= 0.3 is 0 Å². The molecule has 0 aliphatic rings. The molecule has 6 aromatic carbocycles. The Bertz CT molecular complexity index is 3540. The number of rotatable bonds is 8. The van der Waals surface area contributed by atoms with Gasteiger partial charge in [-0.3, -0.25) is 19.1 Å². The molecule has 0 bridgehead atoms. The molecule has 0 N–H and O–H groups in total. The van der Waals surface area contributed by atoms with Crippen molar-refractivity contribution in [1.82, 2.24) is 29.1 Å². The lowest BCUT2D eigenvalue weighted by Crippen LogP contribution is -1.97. The molecule has 8 heteroatoms. The zero-order chi connectivity index (χ0) is 41.9. The number of pyridine rings is 2. The van der Waals surface area contributed by atoms with E-state index in [2.05, 4.69) is 77.6 Å². The lowest BCUT2D eigenvalue weighted by atomic mass is 10.1. The smallest absolute Gasteiger partial charge is 0.137 e. The van der Waals surface area contributed by atoms with Gasteiger partial charge in [-0.1, -0.05) is 60.6 Å². The maximum absolute atomic E-state index is 8.78. The van der Waals surface area contributed by atoms with Crippen LogP contribution in [0.25, 0.3) is 77.8 Å². The number of hydrogen-bond acceptors (Lipinski definition) is 6. The van der Waals surface area contributed by atoms with Gasteiger partial charge in [0.25, 0.3) is 0 Å². The molecule has 0 saturated heterocycles. The highest BCUT2D eigenvalue weighted by Gasteiger charge is 2.16. The Labute approximate surface area is 348 Å². The molecule has 0 unspecified atom stereocenters. The van der Waals surface area contributed by atoms with E-state index in [1.54, 1.807) is 24.5 Å². The first-order chi connectivity index (χ1) is 30.3. The van der Waals surface area contributed by atoms with Crippen LogP contribution in [-0.4, -0.2) is 29.1 Å². The Kier molecular flexibility index (Phi) is 7.89. The maximum atomic E-state index is 8.78. The molecular formula is C52H36N6O2. The molecule has 0 aliphatic heterocycles. The molecule has 5 heterocycles. The van der Waals surface area contributed by atoms with E-state index >= 15 is 0 Å². The number of aromatic nitrogens is 6. The molecule has 11 rings (SSSR count). The van der Waals surface area contributed by atoms with Gasteiger partial charge in [0.2, 0.25) is 0 Å². The van der Waals surface area contributed by atoms with E-state index < -0.39 is 0 Å². The fraction of sp³-hybridized carbons (Fsp3) is 0.0385. The van der Waals surface area contributed by atoms with E-state index in [1.807, 2.05) is 91.3 Å². The standard InChI is InChI=1S/C52H36N6O2/c1-33-21-23-53-51(25-33)57-47-15-5-3-13-41(47)43-19-17-39(29-49(43)57)59-37-11-7-9-35(27-37)45-31-56-46(32-55-45)36-10-8-12-38(28-36)60-40-18-20-44-42-14-4-6-16-48(42)58(50(44)30-40)52-26-34(2)22-24-54-52/h3-32H,1-2H3/i7D,9D. The molecule has 0 fully saturated rings. The molecule has 0 spiro atoms. The summed E-state index contributed by atoms with van der Waals surface area (Å²) in [5, 5.41) is 4.45. The monoisotopic (exact) mass is 778 g/mol. The normalized spacial score (nSPS) is 12.0. The predicted octanol–water partition coefficient (Wildman–Crippen LogP) is 13.0. The van der Waals surface area contributed by atoms with Crippen LogP contribution in [0, 0.1) is 13.8 Å². The van der Waals surface area contributed by atoms with Gasteiger partial charge in [0.05, 0.1) is 48.6 Å². The number of nitrogens with zero attached hydrogens (tertiary/aromatic N) is 6. The highest BCUT2D eigenvalue weighted by atomic mass is 16.5. The van der Waals surface area contributed by atoms with E-state index in [4.69, 9.17) is 32.2 Å². The third-order valence-corrected chi connectivity index (χ3v) is 10.8. The predicted molar refractivity (Wildman–Crippen MR) is 240 cm³/mol. The zero-order valence-corrected chi connectivity index (χ0v) is 32.7. The number of aryl methyl sites for hydroxylation is 2. The second-order valence-electron chi connectivity index (χ2n) is 14.8. The molecule has 11 aromatic rings. The molecule has 0 aliphatic carbocycles. The van der Waals surface area contributed by atoms with Gasteiger partial charge < -0.3 is 9.47 Å². The summed E-state index contributed by atoms with van der Waals surface area (Å²) in [5.41, 5.74) is 8.66. The van der Waals surface area contributed by atoms with Crippen molar-refractivity contribution in [2.45, 2.75) is 13.8 Å². The van der Waals surface area contributed by atoms with Gasteiger partial charge in [0, 0.05) is 57.2 Å². The van der Waals surface area contributed by atoms with Crippen LogP contribution < -0.4 is 9.47 Å². The van der Waals surface area contributed by atoms with Gasteiger partial charge in [-0.05, 0) is 110 Å². The Balaban J connectivity index is 0.876. The number of para-hydroxylation sites is 2. The molecular weight excluding hydrogens is 741 g/mol. The molecule has 0 radical (unpaired) electrons. The van der Waals surface area contributed by atoms with Crippen LogP contribution in [0.1, 0.15) is 13.9 Å². The summed E-state index contributed by atoms with van der Waals surface area (Å²) in [6, 6.07) is 47.9. The topological polar surface area (TPSA) is 79.9 Å². The highest BCUT2D eigenvalue weighted by Crippen LogP contribution is 2.37. The average molecular weight is 779 g/mol. The number of ether oxygens (including phenoxy) is 2. The third kappa shape index (κ3) is 6.27. The number of benzene rings is 6. The quantitative estimate of drug-likeness (QED) is 0.153. The third-order valence-electron chi connectivity index (χ3n) is 10.8. The molecule has 286 valence electrons. The van der Waals surface area contributed by atoms with Crippen molar-refractivity contribution in [2.75, 3.05) is 0 Å². The minimum atomic E-state index is 0.0149. The summed E-state index contributed by atoms with van der Waals surface area (Å²) in [6.45, 7) is 4.12. The van der Waals surface area contributed by atoms with Crippen molar-refractivity contribution in [3.05, 3.63) is 194 Å². The summed E-state index contributed by atoms with van der Waals surface area (Å²) in [7, 11) is 0. The largest absolute Gasteiger partial charge is 0.457 e. The first-order valence-electron chi connectivity index (χ1n) is 20.7. The van der Waals surface area contributed by atoms with Crippen molar-refractivity contribution in [2.24, 2.45) is 0 Å². The molecule has 60 heavy (non-hydrogen) atoms. The van der Waals surface area contributed by atoms with Crippen LogP contribution >= 0.6 is 0 Å². The summed E-state index contributed by atoms with van der Waals surface area (Å²) in [4.78, 5) is 18.9. The number of fused-ring (bicyclic) bond motifs is 6.